The number of halogens is 2. The van der Waals surface area contributed by atoms with Gasteiger partial charge in [0.15, 0.2) is 11.6 Å². The fourth-order valence-corrected chi connectivity index (χ4v) is 5.05. The van der Waals surface area contributed by atoms with E-state index in [1.54, 1.807) is 18.2 Å². The molecule has 0 radical (unpaired) electrons. The van der Waals surface area contributed by atoms with E-state index in [1.165, 1.54) is 28.8 Å². The summed E-state index contributed by atoms with van der Waals surface area (Å²) in [6.45, 7) is 0.0431. The smallest absolute Gasteiger partial charge is 0.414 e. The van der Waals surface area contributed by atoms with Crippen LogP contribution in [0.2, 0.25) is 0 Å². The lowest BCUT2D eigenvalue weighted by atomic mass is 9.99. The number of anilines is 3. The zero-order chi connectivity index (χ0) is 30.8. The summed E-state index contributed by atoms with van der Waals surface area (Å²) in [5, 5.41) is 4.54. The molecule has 44 heavy (non-hydrogen) atoms. The number of amides is 1. The van der Waals surface area contributed by atoms with E-state index in [-0.39, 0.29) is 41.8 Å². The van der Waals surface area contributed by atoms with E-state index < -0.39 is 17.7 Å². The fourth-order valence-electron chi connectivity index (χ4n) is 5.05. The normalized spacial score (nSPS) is 11.1. The molecule has 0 fully saturated rings. The van der Waals surface area contributed by atoms with Crippen LogP contribution in [0.5, 0.6) is 0 Å². The fraction of sp³-hybridized carbons (Fsp3) is 0.0938. The number of fused-ring (bicyclic) bond motifs is 1. The van der Waals surface area contributed by atoms with Crippen molar-refractivity contribution in [2.24, 2.45) is 0 Å². The third kappa shape index (κ3) is 5.36. The highest BCUT2D eigenvalue weighted by molar-refractivity contribution is 5.95. The summed E-state index contributed by atoms with van der Waals surface area (Å²) in [6, 6.07) is 24.8. The Morgan fingerprint density at radius 3 is 2.27 bits per heavy atom. The van der Waals surface area contributed by atoms with Crippen LogP contribution in [-0.4, -0.2) is 37.9 Å². The summed E-state index contributed by atoms with van der Waals surface area (Å²) >= 11 is 0. The van der Waals surface area contributed by atoms with Gasteiger partial charge in [-0.15, -0.1) is 0 Å². The van der Waals surface area contributed by atoms with Crippen LogP contribution in [0, 0.1) is 11.6 Å². The van der Waals surface area contributed by atoms with Gasteiger partial charge < -0.3 is 16.2 Å². The molecule has 6 rings (SSSR count). The molecule has 0 bridgehead atoms. The Balaban J connectivity index is 1.42. The van der Waals surface area contributed by atoms with Crippen LogP contribution in [0.25, 0.3) is 28.1 Å². The minimum absolute atomic E-state index is 0.0378. The third-order valence-corrected chi connectivity index (χ3v) is 7.08. The van der Waals surface area contributed by atoms with E-state index in [1.807, 2.05) is 54.6 Å². The second-order valence-electron chi connectivity index (χ2n) is 9.87. The third-order valence-electron chi connectivity index (χ3n) is 7.08. The maximum Gasteiger partial charge on any atom is 0.414 e. The first-order chi connectivity index (χ1) is 21.3. The van der Waals surface area contributed by atoms with Crippen molar-refractivity contribution in [1.29, 1.82) is 0 Å². The van der Waals surface area contributed by atoms with Crippen molar-refractivity contribution in [2.45, 2.75) is 13.0 Å². The van der Waals surface area contributed by atoms with Crippen LogP contribution < -0.4 is 16.4 Å². The molecule has 0 saturated carbocycles. The second kappa shape index (κ2) is 11.8. The van der Waals surface area contributed by atoms with Crippen LogP contribution in [0.15, 0.2) is 91.1 Å². The molecule has 10 nitrogen and oxygen atoms in total. The van der Waals surface area contributed by atoms with Crippen molar-refractivity contribution in [1.82, 2.24) is 24.7 Å². The molecule has 0 aliphatic rings. The van der Waals surface area contributed by atoms with Gasteiger partial charge in [-0.2, -0.15) is 19.7 Å². The quantitative estimate of drug-likeness (QED) is 0.241. The van der Waals surface area contributed by atoms with E-state index in [9.17, 15) is 13.6 Å². The molecule has 6 aromatic rings. The highest BCUT2D eigenvalue weighted by atomic mass is 19.1. The number of benzene rings is 3. The first-order valence-electron chi connectivity index (χ1n) is 13.5. The summed E-state index contributed by atoms with van der Waals surface area (Å²) in [5.41, 5.74) is 16.8. The van der Waals surface area contributed by atoms with Crippen molar-refractivity contribution >= 4 is 34.4 Å². The molecular formula is C32H26F2N8O2. The predicted octanol–water partition coefficient (Wildman–Crippen LogP) is 5.68. The number of carbonyl (C=O) groups is 1. The monoisotopic (exact) mass is 592 g/mol. The lowest BCUT2D eigenvalue weighted by molar-refractivity contribution is 0.178. The number of carbonyl (C=O) groups excluding carboxylic acids is 1. The first-order valence-corrected chi connectivity index (χ1v) is 13.5. The summed E-state index contributed by atoms with van der Waals surface area (Å²) < 4.78 is 35.1. The Morgan fingerprint density at radius 2 is 1.57 bits per heavy atom. The minimum Gasteiger partial charge on any atom is -0.452 e. The molecule has 3 aromatic heterocycles. The Morgan fingerprint density at radius 1 is 0.909 bits per heavy atom. The molecule has 220 valence electrons. The molecule has 0 aliphatic carbocycles. The maximum absolute atomic E-state index is 14.5. The van der Waals surface area contributed by atoms with E-state index in [0.717, 1.165) is 22.9 Å². The zero-order valence-electron chi connectivity index (χ0n) is 23.5. The van der Waals surface area contributed by atoms with Crippen molar-refractivity contribution < 1.29 is 18.3 Å². The number of hydrogen-bond donors (Lipinski definition) is 2. The second-order valence-corrected chi connectivity index (χ2v) is 9.87. The lowest BCUT2D eigenvalue weighted by Gasteiger charge is -2.24. The van der Waals surface area contributed by atoms with E-state index in [0.29, 0.717) is 16.8 Å². The van der Waals surface area contributed by atoms with Gasteiger partial charge in [-0.25, -0.2) is 18.6 Å². The standard InChI is InChI=1S/C32H26F2N8O2/c1-44-32(43)41(18-21-12-5-7-13-23(21)19-9-3-2-4-10-19)28-29(35)38-31(39-30(28)36)42-26-16-22(33)17-37-27(26)25(40-42)15-20-11-6-8-14-24(20)34/h2-14,16-17H,15,18H2,1H3,(H4,35,36,38,39). The van der Waals surface area contributed by atoms with Crippen LogP contribution in [0.4, 0.5) is 30.9 Å². The van der Waals surface area contributed by atoms with Gasteiger partial charge in [-0.05, 0) is 28.3 Å². The molecule has 0 aliphatic heterocycles. The number of hydrogen-bond acceptors (Lipinski definition) is 8. The van der Waals surface area contributed by atoms with Crippen molar-refractivity contribution in [3.05, 3.63) is 120 Å². The Hall–Kier alpha value is -5.91. The number of methoxy groups -OCH3 is 1. The molecule has 0 atom stereocenters. The largest absolute Gasteiger partial charge is 0.452 e. The lowest BCUT2D eigenvalue weighted by Crippen LogP contribution is -2.32. The van der Waals surface area contributed by atoms with Gasteiger partial charge in [-0.3, -0.25) is 4.90 Å². The molecule has 12 heteroatoms. The van der Waals surface area contributed by atoms with E-state index >= 15 is 0 Å². The van der Waals surface area contributed by atoms with Crippen molar-refractivity contribution in [2.75, 3.05) is 23.5 Å². The van der Waals surface area contributed by atoms with Gasteiger partial charge in [-0.1, -0.05) is 72.8 Å². The molecule has 3 aromatic carbocycles. The van der Waals surface area contributed by atoms with E-state index in [2.05, 4.69) is 20.1 Å². The maximum atomic E-state index is 14.5. The molecule has 4 N–H and O–H groups in total. The van der Waals surface area contributed by atoms with Crippen LogP contribution in [-0.2, 0) is 17.7 Å². The average molecular weight is 593 g/mol. The van der Waals surface area contributed by atoms with Crippen molar-refractivity contribution in [3.63, 3.8) is 0 Å². The topological polar surface area (TPSA) is 138 Å². The number of pyridine rings is 1. The molecule has 1 amide bonds. The number of nitrogens with two attached hydrogens (primary N) is 2. The van der Waals surface area contributed by atoms with Gasteiger partial charge in [0.2, 0.25) is 0 Å². The Labute approximate surface area is 250 Å². The summed E-state index contributed by atoms with van der Waals surface area (Å²) in [7, 11) is 1.24. The molecule has 3 heterocycles. The van der Waals surface area contributed by atoms with Gasteiger partial charge in [0.25, 0.3) is 5.95 Å². The van der Waals surface area contributed by atoms with Crippen LogP contribution in [0.3, 0.4) is 0 Å². The predicted molar refractivity (Wildman–Crippen MR) is 163 cm³/mol. The first kappa shape index (κ1) is 28.2. The number of nitrogens with zero attached hydrogens (tertiary/aromatic N) is 6. The number of rotatable bonds is 7. The minimum atomic E-state index is -0.731. The Kier molecular flexibility index (Phi) is 7.54. The van der Waals surface area contributed by atoms with Gasteiger partial charge in [0, 0.05) is 12.5 Å². The molecular weight excluding hydrogens is 566 g/mol. The molecule has 0 unspecified atom stereocenters. The molecule has 0 spiro atoms. The Bertz CT molecular complexity index is 1980. The van der Waals surface area contributed by atoms with Crippen molar-refractivity contribution in [3.8, 4) is 17.1 Å². The number of aromatic nitrogens is 5. The number of nitrogen functional groups attached to an aromatic ring is 2. The summed E-state index contributed by atoms with van der Waals surface area (Å²) in [5.74, 6) is -1.40. The highest BCUT2D eigenvalue weighted by Crippen LogP contribution is 2.33. The highest BCUT2D eigenvalue weighted by Gasteiger charge is 2.27. The van der Waals surface area contributed by atoms with Gasteiger partial charge in [0.1, 0.15) is 22.8 Å². The van der Waals surface area contributed by atoms with Gasteiger partial charge in [0.05, 0.1) is 31.1 Å². The summed E-state index contributed by atoms with van der Waals surface area (Å²) in [6.07, 6.45) is 0.396. The van der Waals surface area contributed by atoms with Crippen LogP contribution in [0.1, 0.15) is 16.8 Å². The number of ether oxygens (including phenoxy) is 1. The molecule has 0 saturated heterocycles. The zero-order valence-corrected chi connectivity index (χ0v) is 23.5. The average Bonchev–Trinajstić information content (AvgIpc) is 3.38. The summed E-state index contributed by atoms with van der Waals surface area (Å²) in [4.78, 5) is 27.3. The SMILES string of the molecule is COC(=O)N(Cc1ccccc1-c1ccccc1)c1c(N)nc(-n2nc(Cc3ccccc3F)c3ncc(F)cc32)nc1N. The van der Waals surface area contributed by atoms with E-state index in [4.69, 9.17) is 16.2 Å². The van der Waals surface area contributed by atoms with Crippen LogP contribution >= 0.6 is 0 Å². The van der Waals surface area contributed by atoms with Gasteiger partial charge >= 0.3 is 6.09 Å².